The number of nitrogens with one attached hydrogen (secondary N) is 1. The number of rotatable bonds is 5. The number of methoxy groups -OCH3 is 1. The molecule has 0 heterocycles. The molecule has 2 rings (SSSR count). The highest BCUT2D eigenvalue weighted by Gasteiger charge is 2.44. The summed E-state index contributed by atoms with van der Waals surface area (Å²) in [5.74, 6) is 0.872. The summed E-state index contributed by atoms with van der Waals surface area (Å²) in [4.78, 5) is 0. The molecular formula is C14H20BrNO2. The maximum atomic E-state index is 9.74. The van der Waals surface area contributed by atoms with Crippen molar-refractivity contribution in [3.63, 3.8) is 0 Å². The van der Waals surface area contributed by atoms with E-state index in [0.717, 1.165) is 28.6 Å². The Morgan fingerprint density at radius 3 is 2.67 bits per heavy atom. The molecule has 1 aliphatic rings. The number of aliphatic hydroxyl groups excluding tert-OH is 1. The van der Waals surface area contributed by atoms with Gasteiger partial charge in [0, 0.05) is 21.5 Å². The second kappa shape index (κ2) is 5.59. The average molecular weight is 314 g/mol. The molecule has 1 aromatic carbocycles. The van der Waals surface area contributed by atoms with Crippen molar-refractivity contribution in [2.45, 2.75) is 25.3 Å². The first-order valence-corrected chi connectivity index (χ1v) is 7.08. The molecule has 0 bridgehead atoms. The predicted molar refractivity (Wildman–Crippen MR) is 75.9 cm³/mol. The van der Waals surface area contributed by atoms with Gasteiger partial charge in [0.25, 0.3) is 0 Å². The van der Waals surface area contributed by atoms with Gasteiger partial charge in [-0.25, -0.2) is 0 Å². The van der Waals surface area contributed by atoms with E-state index in [-0.39, 0.29) is 18.1 Å². The summed E-state index contributed by atoms with van der Waals surface area (Å²) in [6.45, 7) is 0.216. The minimum atomic E-state index is -0.0389. The van der Waals surface area contributed by atoms with Crippen molar-refractivity contribution >= 4 is 15.9 Å². The van der Waals surface area contributed by atoms with E-state index >= 15 is 0 Å². The van der Waals surface area contributed by atoms with Gasteiger partial charge in [0.15, 0.2) is 0 Å². The van der Waals surface area contributed by atoms with E-state index in [1.54, 1.807) is 7.11 Å². The van der Waals surface area contributed by atoms with Crippen molar-refractivity contribution in [1.29, 1.82) is 0 Å². The molecule has 1 aromatic rings. The Kier molecular flexibility index (Phi) is 4.30. The predicted octanol–water partition coefficient (Wildman–Crippen LogP) is 2.88. The lowest BCUT2D eigenvalue weighted by molar-refractivity contribution is 0.00712. The van der Waals surface area contributed by atoms with Crippen molar-refractivity contribution in [2.24, 2.45) is 5.41 Å². The highest BCUT2D eigenvalue weighted by molar-refractivity contribution is 9.10. The van der Waals surface area contributed by atoms with Crippen LogP contribution in [0.5, 0.6) is 5.75 Å². The minimum Gasteiger partial charge on any atom is -0.496 e. The van der Waals surface area contributed by atoms with Gasteiger partial charge in [-0.1, -0.05) is 22.4 Å². The molecule has 1 fully saturated rings. The van der Waals surface area contributed by atoms with Gasteiger partial charge < -0.3 is 15.2 Å². The van der Waals surface area contributed by atoms with Crippen LogP contribution in [0.1, 0.15) is 30.9 Å². The van der Waals surface area contributed by atoms with E-state index in [1.165, 1.54) is 6.42 Å². The van der Waals surface area contributed by atoms with Crippen LogP contribution < -0.4 is 10.1 Å². The fourth-order valence-corrected chi connectivity index (χ4v) is 3.27. The number of ether oxygens (including phenoxy) is 1. The molecule has 0 saturated heterocycles. The third-order valence-electron chi connectivity index (χ3n) is 4.07. The molecule has 0 aromatic heterocycles. The Morgan fingerprint density at radius 1 is 1.50 bits per heavy atom. The summed E-state index contributed by atoms with van der Waals surface area (Å²) in [5.41, 5.74) is 1.08. The molecule has 100 valence electrons. The second-order valence-electron chi connectivity index (χ2n) is 4.98. The van der Waals surface area contributed by atoms with Gasteiger partial charge in [-0.05, 0) is 38.1 Å². The molecule has 1 aliphatic carbocycles. The van der Waals surface area contributed by atoms with E-state index in [9.17, 15) is 5.11 Å². The Hall–Kier alpha value is -0.580. The maximum absolute atomic E-state index is 9.74. The Balaban J connectivity index is 2.40. The van der Waals surface area contributed by atoms with Crippen LogP contribution in [0.15, 0.2) is 22.7 Å². The van der Waals surface area contributed by atoms with Crippen LogP contribution in [0.4, 0.5) is 0 Å². The molecular weight excluding hydrogens is 294 g/mol. The van der Waals surface area contributed by atoms with Crippen LogP contribution >= 0.6 is 15.9 Å². The van der Waals surface area contributed by atoms with Gasteiger partial charge >= 0.3 is 0 Å². The highest BCUT2D eigenvalue weighted by Crippen LogP contribution is 2.51. The summed E-state index contributed by atoms with van der Waals surface area (Å²) in [5, 5.41) is 13.1. The zero-order valence-electron chi connectivity index (χ0n) is 10.9. The number of benzene rings is 1. The highest BCUT2D eigenvalue weighted by atomic mass is 79.9. The third kappa shape index (κ3) is 2.29. The summed E-state index contributed by atoms with van der Waals surface area (Å²) in [6.07, 6.45) is 3.31. The number of hydrogen-bond acceptors (Lipinski definition) is 3. The van der Waals surface area contributed by atoms with Gasteiger partial charge in [-0.2, -0.15) is 0 Å². The number of hydrogen-bond donors (Lipinski definition) is 2. The lowest BCUT2D eigenvalue weighted by atomic mass is 9.63. The molecule has 0 amide bonds. The van der Waals surface area contributed by atoms with Crippen molar-refractivity contribution in [3.8, 4) is 5.75 Å². The summed E-state index contributed by atoms with van der Waals surface area (Å²) < 4.78 is 6.48. The molecule has 1 atom stereocenters. The van der Waals surface area contributed by atoms with Crippen molar-refractivity contribution in [2.75, 3.05) is 20.8 Å². The number of aliphatic hydroxyl groups is 1. The van der Waals surface area contributed by atoms with Crippen LogP contribution in [-0.4, -0.2) is 25.9 Å². The second-order valence-corrected chi connectivity index (χ2v) is 5.90. The molecule has 1 saturated carbocycles. The van der Waals surface area contributed by atoms with Gasteiger partial charge in [0.05, 0.1) is 13.7 Å². The van der Waals surface area contributed by atoms with E-state index in [2.05, 4.69) is 27.3 Å². The van der Waals surface area contributed by atoms with Gasteiger partial charge in [0.1, 0.15) is 5.75 Å². The van der Waals surface area contributed by atoms with Gasteiger partial charge in [0.2, 0.25) is 0 Å². The monoisotopic (exact) mass is 313 g/mol. The molecule has 0 spiro atoms. The van der Waals surface area contributed by atoms with Crippen LogP contribution in [0.2, 0.25) is 0 Å². The first-order valence-electron chi connectivity index (χ1n) is 6.28. The normalized spacial score (nSPS) is 19.1. The van der Waals surface area contributed by atoms with Gasteiger partial charge in [-0.15, -0.1) is 0 Å². The quantitative estimate of drug-likeness (QED) is 0.878. The summed E-state index contributed by atoms with van der Waals surface area (Å²) in [6, 6.07) is 6.15. The van der Waals surface area contributed by atoms with Crippen LogP contribution in [0.25, 0.3) is 0 Å². The topological polar surface area (TPSA) is 41.5 Å². The Morgan fingerprint density at radius 2 is 2.22 bits per heavy atom. The van der Waals surface area contributed by atoms with E-state index in [4.69, 9.17) is 4.74 Å². The molecule has 1 unspecified atom stereocenters. The largest absolute Gasteiger partial charge is 0.496 e. The van der Waals surface area contributed by atoms with E-state index in [0.29, 0.717) is 0 Å². The average Bonchev–Trinajstić information content (AvgIpc) is 2.33. The fourth-order valence-electron chi connectivity index (χ4n) is 2.89. The molecule has 2 N–H and O–H groups in total. The third-order valence-corrected chi connectivity index (χ3v) is 4.56. The van der Waals surface area contributed by atoms with Crippen molar-refractivity contribution in [3.05, 3.63) is 28.2 Å². The summed E-state index contributed by atoms with van der Waals surface area (Å²) >= 11 is 3.51. The van der Waals surface area contributed by atoms with Crippen LogP contribution in [0, 0.1) is 5.41 Å². The Bertz CT molecular complexity index is 413. The lowest BCUT2D eigenvalue weighted by Gasteiger charge is -2.47. The molecule has 18 heavy (non-hydrogen) atoms. The smallest absolute Gasteiger partial charge is 0.123 e. The SMILES string of the molecule is CNC(c1cc(Br)ccc1OC)C1(CO)CCC1. The molecule has 0 radical (unpaired) electrons. The van der Waals surface area contributed by atoms with E-state index in [1.807, 2.05) is 19.2 Å². The van der Waals surface area contributed by atoms with Crippen LogP contribution in [0.3, 0.4) is 0 Å². The lowest BCUT2D eigenvalue weighted by Crippen LogP contribution is -2.44. The molecule has 3 nitrogen and oxygen atoms in total. The van der Waals surface area contributed by atoms with E-state index < -0.39 is 0 Å². The maximum Gasteiger partial charge on any atom is 0.123 e. The zero-order valence-corrected chi connectivity index (χ0v) is 12.5. The van der Waals surface area contributed by atoms with Crippen molar-refractivity contribution in [1.82, 2.24) is 5.32 Å². The first kappa shape index (κ1) is 13.8. The minimum absolute atomic E-state index is 0.0389. The summed E-state index contributed by atoms with van der Waals surface area (Å²) in [7, 11) is 3.63. The number of halogens is 1. The standard InChI is InChI=1S/C14H20BrNO2/c1-16-13(14(9-17)6-3-7-14)11-8-10(15)4-5-12(11)18-2/h4-5,8,13,16-17H,3,6-7,9H2,1-2H3. The molecule has 0 aliphatic heterocycles. The first-order chi connectivity index (χ1) is 8.66. The van der Waals surface area contributed by atoms with Crippen molar-refractivity contribution < 1.29 is 9.84 Å². The fraction of sp³-hybridized carbons (Fsp3) is 0.571. The molecule has 4 heteroatoms. The van der Waals surface area contributed by atoms with Crippen LogP contribution in [-0.2, 0) is 0 Å². The van der Waals surface area contributed by atoms with Gasteiger partial charge in [-0.3, -0.25) is 0 Å². The Labute approximate surface area is 117 Å². The zero-order chi connectivity index (χ0) is 13.2.